The van der Waals surface area contributed by atoms with Crippen molar-refractivity contribution < 1.29 is 4.74 Å². The van der Waals surface area contributed by atoms with Gasteiger partial charge in [0.05, 0.1) is 24.4 Å². The third-order valence-corrected chi connectivity index (χ3v) is 4.96. The summed E-state index contributed by atoms with van der Waals surface area (Å²) >= 11 is 0. The molecule has 2 aliphatic heterocycles. The van der Waals surface area contributed by atoms with Gasteiger partial charge in [-0.15, -0.1) is 0 Å². The summed E-state index contributed by atoms with van der Waals surface area (Å²) in [6.45, 7) is 4.44. The standard InChI is InChI=1S/C16H24N4O/c1-4-16(12-20(7-1)10-13-2-3-13)8-14(11-21-16)19-15-9-17-5-6-18-15/h5-6,9,13-14H,1-4,7-8,10-12H2,(H,18,19)/t14-,16-/m1/s1. The summed E-state index contributed by atoms with van der Waals surface area (Å²) in [7, 11) is 0. The number of hydrogen-bond acceptors (Lipinski definition) is 5. The summed E-state index contributed by atoms with van der Waals surface area (Å²) in [6.07, 6.45) is 11.6. The van der Waals surface area contributed by atoms with Crippen LogP contribution in [0.2, 0.25) is 0 Å². The zero-order valence-electron chi connectivity index (χ0n) is 12.5. The van der Waals surface area contributed by atoms with Crippen LogP contribution in [0.4, 0.5) is 5.82 Å². The maximum Gasteiger partial charge on any atom is 0.144 e. The minimum atomic E-state index is 0.0764. The van der Waals surface area contributed by atoms with Crippen LogP contribution in [0.25, 0.3) is 0 Å². The first-order valence-electron chi connectivity index (χ1n) is 8.20. The van der Waals surface area contributed by atoms with E-state index in [2.05, 4.69) is 20.2 Å². The molecule has 0 bridgehead atoms. The lowest BCUT2D eigenvalue weighted by atomic mass is 9.88. The van der Waals surface area contributed by atoms with Crippen LogP contribution in [0.5, 0.6) is 0 Å². The fraction of sp³-hybridized carbons (Fsp3) is 0.750. The second-order valence-electron chi connectivity index (χ2n) is 6.91. The predicted molar refractivity (Wildman–Crippen MR) is 81.1 cm³/mol. The molecule has 114 valence electrons. The lowest BCUT2D eigenvalue weighted by Crippen LogP contribution is -2.48. The largest absolute Gasteiger partial charge is 0.371 e. The van der Waals surface area contributed by atoms with E-state index in [0.29, 0.717) is 6.04 Å². The molecular weight excluding hydrogens is 264 g/mol. The van der Waals surface area contributed by atoms with Crippen molar-refractivity contribution in [2.24, 2.45) is 5.92 Å². The molecule has 4 rings (SSSR count). The number of ether oxygens (including phenoxy) is 1. The molecule has 0 unspecified atom stereocenters. The Hall–Kier alpha value is -1.20. The molecule has 1 aromatic rings. The molecule has 5 heteroatoms. The van der Waals surface area contributed by atoms with Crippen molar-refractivity contribution in [3.63, 3.8) is 0 Å². The van der Waals surface area contributed by atoms with E-state index in [1.165, 1.54) is 38.8 Å². The number of aromatic nitrogens is 2. The molecule has 1 spiro atoms. The van der Waals surface area contributed by atoms with Crippen molar-refractivity contribution in [1.82, 2.24) is 14.9 Å². The highest BCUT2D eigenvalue weighted by Gasteiger charge is 2.44. The zero-order chi connectivity index (χ0) is 14.1. The molecule has 0 amide bonds. The van der Waals surface area contributed by atoms with Crippen LogP contribution >= 0.6 is 0 Å². The monoisotopic (exact) mass is 288 g/mol. The van der Waals surface area contributed by atoms with Crippen LogP contribution in [-0.4, -0.2) is 52.8 Å². The average molecular weight is 288 g/mol. The fourth-order valence-electron chi connectivity index (χ4n) is 3.82. The highest BCUT2D eigenvalue weighted by atomic mass is 16.5. The van der Waals surface area contributed by atoms with Crippen LogP contribution in [0, 0.1) is 5.92 Å². The number of rotatable bonds is 4. The smallest absolute Gasteiger partial charge is 0.144 e. The Morgan fingerprint density at radius 2 is 2.33 bits per heavy atom. The van der Waals surface area contributed by atoms with Crippen molar-refractivity contribution in [2.45, 2.75) is 43.7 Å². The van der Waals surface area contributed by atoms with E-state index in [1.807, 2.05) is 0 Å². The van der Waals surface area contributed by atoms with Crippen molar-refractivity contribution in [3.8, 4) is 0 Å². The molecule has 3 aliphatic rings. The van der Waals surface area contributed by atoms with E-state index in [4.69, 9.17) is 4.74 Å². The Morgan fingerprint density at radius 1 is 1.38 bits per heavy atom. The topological polar surface area (TPSA) is 50.3 Å². The second-order valence-corrected chi connectivity index (χ2v) is 6.91. The fourth-order valence-corrected chi connectivity index (χ4v) is 3.82. The maximum atomic E-state index is 6.25. The quantitative estimate of drug-likeness (QED) is 0.917. The Kier molecular flexibility index (Phi) is 3.55. The molecule has 1 aromatic heterocycles. The van der Waals surface area contributed by atoms with Gasteiger partial charge in [-0.05, 0) is 38.1 Å². The van der Waals surface area contributed by atoms with Gasteiger partial charge in [-0.1, -0.05) is 0 Å². The van der Waals surface area contributed by atoms with E-state index < -0.39 is 0 Å². The van der Waals surface area contributed by atoms with Gasteiger partial charge >= 0.3 is 0 Å². The molecule has 1 aliphatic carbocycles. The Balaban J connectivity index is 1.35. The summed E-state index contributed by atoms with van der Waals surface area (Å²) in [5.74, 6) is 1.82. The van der Waals surface area contributed by atoms with Gasteiger partial charge in [0.2, 0.25) is 0 Å². The van der Waals surface area contributed by atoms with Gasteiger partial charge < -0.3 is 15.0 Å². The summed E-state index contributed by atoms with van der Waals surface area (Å²) in [6, 6.07) is 0.363. The lowest BCUT2D eigenvalue weighted by molar-refractivity contribution is -0.0521. The molecule has 0 radical (unpaired) electrons. The number of nitrogens with one attached hydrogen (secondary N) is 1. The van der Waals surface area contributed by atoms with Crippen molar-refractivity contribution >= 4 is 5.82 Å². The SMILES string of the molecule is c1cnc(N[C@H]2CO[C@]3(CCCN(CC4CC4)C3)C2)cn1. The number of likely N-dealkylation sites (tertiary alicyclic amines) is 1. The molecule has 3 heterocycles. The molecule has 21 heavy (non-hydrogen) atoms. The number of hydrogen-bond donors (Lipinski definition) is 1. The first kappa shape index (κ1) is 13.5. The molecule has 1 N–H and O–H groups in total. The van der Waals surface area contributed by atoms with Gasteiger partial charge in [0.25, 0.3) is 0 Å². The number of nitrogens with zero attached hydrogens (tertiary/aromatic N) is 3. The Labute approximate surface area is 126 Å². The molecule has 2 atom stereocenters. The van der Waals surface area contributed by atoms with E-state index in [-0.39, 0.29) is 5.60 Å². The molecule has 2 saturated heterocycles. The first-order valence-corrected chi connectivity index (χ1v) is 8.20. The van der Waals surface area contributed by atoms with E-state index in [9.17, 15) is 0 Å². The summed E-state index contributed by atoms with van der Waals surface area (Å²) in [5, 5.41) is 3.46. The van der Waals surface area contributed by atoms with Gasteiger partial charge in [0, 0.05) is 31.9 Å². The molecule has 1 saturated carbocycles. The van der Waals surface area contributed by atoms with Crippen LogP contribution in [0.15, 0.2) is 18.6 Å². The van der Waals surface area contributed by atoms with Gasteiger partial charge in [-0.3, -0.25) is 4.98 Å². The van der Waals surface area contributed by atoms with Gasteiger partial charge in [0.1, 0.15) is 5.82 Å². The van der Waals surface area contributed by atoms with E-state index >= 15 is 0 Å². The average Bonchev–Trinajstić information content (AvgIpc) is 3.23. The third kappa shape index (κ3) is 3.19. The zero-order valence-corrected chi connectivity index (χ0v) is 12.5. The third-order valence-electron chi connectivity index (χ3n) is 4.96. The first-order chi connectivity index (χ1) is 10.3. The van der Waals surface area contributed by atoms with Gasteiger partial charge in [-0.25, -0.2) is 4.98 Å². The maximum absolute atomic E-state index is 6.25. The molecule has 3 fully saturated rings. The van der Waals surface area contributed by atoms with E-state index in [1.54, 1.807) is 18.6 Å². The minimum absolute atomic E-state index is 0.0764. The molecule has 0 aromatic carbocycles. The second kappa shape index (κ2) is 5.54. The van der Waals surface area contributed by atoms with Crippen molar-refractivity contribution in [1.29, 1.82) is 0 Å². The number of piperidine rings is 1. The van der Waals surface area contributed by atoms with Crippen LogP contribution in [0.3, 0.4) is 0 Å². The van der Waals surface area contributed by atoms with Crippen LogP contribution in [-0.2, 0) is 4.74 Å². The molecule has 5 nitrogen and oxygen atoms in total. The van der Waals surface area contributed by atoms with Gasteiger partial charge in [-0.2, -0.15) is 0 Å². The van der Waals surface area contributed by atoms with Crippen molar-refractivity contribution in [3.05, 3.63) is 18.6 Å². The highest BCUT2D eigenvalue weighted by molar-refractivity contribution is 5.32. The predicted octanol–water partition coefficient (Wildman–Crippen LogP) is 1.92. The minimum Gasteiger partial charge on any atom is -0.371 e. The lowest BCUT2D eigenvalue weighted by Gasteiger charge is -2.39. The Bertz CT molecular complexity index is 478. The molecular formula is C16H24N4O. The summed E-state index contributed by atoms with van der Waals surface area (Å²) in [4.78, 5) is 11.0. The number of anilines is 1. The summed E-state index contributed by atoms with van der Waals surface area (Å²) < 4.78 is 6.25. The van der Waals surface area contributed by atoms with Crippen molar-refractivity contribution in [2.75, 3.05) is 31.6 Å². The summed E-state index contributed by atoms with van der Waals surface area (Å²) in [5.41, 5.74) is 0.0764. The van der Waals surface area contributed by atoms with Crippen LogP contribution in [0.1, 0.15) is 32.1 Å². The normalized spacial score (nSPS) is 33.4. The Morgan fingerprint density at radius 3 is 3.14 bits per heavy atom. The van der Waals surface area contributed by atoms with E-state index in [0.717, 1.165) is 31.3 Å². The highest BCUT2D eigenvalue weighted by Crippen LogP contribution is 2.37. The van der Waals surface area contributed by atoms with Crippen LogP contribution < -0.4 is 5.32 Å². The van der Waals surface area contributed by atoms with Gasteiger partial charge in [0.15, 0.2) is 0 Å².